The molecule has 1 aliphatic rings. The first-order valence-electron chi connectivity index (χ1n) is 11.3. The summed E-state index contributed by atoms with van der Waals surface area (Å²) in [5, 5.41) is 11.6. The van der Waals surface area contributed by atoms with Crippen LogP contribution in [-0.2, 0) is 9.59 Å². The quantitative estimate of drug-likeness (QED) is 0.323. The summed E-state index contributed by atoms with van der Waals surface area (Å²) < 4.78 is 5.54. The van der Waals surface area contributed by atoms with Crippen molar-refractivity contribution in [2.75, 3.05) is 32.8 Å². The van der Waals surface area contributed by atoms with Crippen LogP contribution in [0.15, 0.2) is 48.0 Å². The lowest BCUT2D eigenvalue weighted by atomic mass is 9.92. The SMILES string of the molecule is CCOc1ccc(Cl)c(/C(O)=C2\C(=O)C(=O)N(CCN(CC)CC)C2c2ccccc2C)c1. The number of hydrogen-bond donors (Lipinski definition) is 1. The van der Waals surface area contributed by atoms with Crippen LogP contribution >= 0.6 is 11.6 Å². The number of ketones is 1. The summed E-state index contributed by atoms with van der Waals surface area (Å²) in [6, 6.07) is 11.8. The topological polar surface area (TPSA) is 70.1 Å². The van der Waals surface area contributed by atoms with E-state index in [4.69, 9.17) is 16.3 Å². The summed E-state index contributed by atoms with van der Waals surface area (Å²) in [7, 11) is 0. The van der Waals surface area contributed by atoms with Crippen molar-refractivity contribution < 1.29 is 19.4 Å². The minimum absolute atomic E-state index is 0.0457. The van der Waals surface area contributed by atoms with Gasteiger partial charge in [-0.05, 0) is 56.3 Å². The molecule has 0 aliphatic carbocycles. The lowest BCUT2D eigenvalue weighted by Gasteiger charge is -2.29. The number of carbonyl (C=O) groups excluding carboxylic acids is 2. The number of hydrogen-bond acceptors (Lipinski definition) is 5. The van der Waals surface area contributed by atoms with Gasteiger partial charge in [-0.25, -0.2) is 0 Å². The zero-order valence-corrected chi connectivity index (χ0v) is 20.4. The minimum atomic E-state index is -0.710. The first-order valence-corrected chi connectivity index (χ1v) is 11.7. The summed E-state index contributed by atoms with van der Waals surface area (Å²) >= 11 is 6.39. The number of aliphatic hydroxyl groups excluding tert-OH is 1. The van der Waals surface area contributed by atoms with E-state index < -0.39 is 17.7 Å². The summed E-state index contributed by atoms with van der Waals surface area (Å²) in [6.45, 7) is 11.0. The maximum Gasteiger partial charge on any atom is 0.295 e. The number of aryl methyl sites for hydroxylation is 1. The van der Waals surface area contributed by atoms with E-state index >= 15 is 0 Å². The van der Waals surface area contributed by atoms with Crippen LogP contribution in [0.2, 0.25) is 5.02 Å². The van der Waals surface area contributed by atoms with Crippen molar-refractivity contribution in [2.24, 2.45) is 0 Å². The highest BCUT2D eigenvalue weighted by Crippen LogP contribution is 2.41. The highest BCUT2D eigenvalue weighted by molar-refractivity contribution is 6.47. The van der Waals surface area contributed by atoms with Crippen molar-refractivity contribution in [1.82, 2.24) is 9.80 Å². The fourth-order valence-electron chi connectivity index (χ4n) is 4.20. The number of likely N-dealkylation sites (N-methyl/N-ethyl adjacent to an activating group) is 1. The molecule has 0 radical (unpaired) electrons. The first-order chi connectivity index (χ1) is 15.8. The van der Waals surface area contributed by atoms with Crippen molar-refractivity contribution >= 4 is 29.1 Å². The van der Waals surface area contributed by atoms with Gasteiger partial charge >= 0.3 is 0 Å². The van der Waals surface area contributed by atoms with Gasteiger partial charge in [0.2, 0.25) is 0 Å². The number of ether oxygens (including phenoxy) is 1. The standard InChI is InChI=1S/C26H31ClN2O4/c1-5-28(6-2)14-15-29-23(19-11-9-8-10-17(19)4)22(25(31)26(29)32)24(30)20-16-18(33-7-3)12-13-21(20)27/h8-13,16,23,30H,5-7,14-15H2,1-4H3/b24-22+. The van der Waals surface area contributed by atoms with Crippen LogP contribution in [0.25, 0.3) is 5.76 Å². The monoisotopic (exact) mass is 470 g/mol. The van der Waals surface area contributed by atoms with Gasteiger partial charge in [0.05, 0.1) is 23.2 Å². The molecule has 2 aromatic carbocycles. The van der Waals surface area contributed by atoms with Gasteiger partial charge in [-0.2, -0.15) is 0 Å². The zero-order valence-electron chi connectivity index (χ0n) is 19.6. The molecule has 0 bridgehead atoms. The average molecular weight is 471 g/mol. The highest BCUT2D eigenvalue weighted by Gasteiger charge is 2.46. The number of nitrogens with zero attached hydrogens (tertiary/aromatic N) is 2. The Labute approximate surface area is 200 Å². The largest absolute Gasteiger partial charge is 0.507 e. The molecule has 1 amide bonds. The second kappa shape index (κ2) is 10.9. The fourth-order valence-corrected chi connectivity index (χ4v) is 4.41. The lowest BCUT2D eigenvalue weighted by molar-refractivity contribution is -0.140. The molecule has 0 aromatic heterocycles. The lowest BCUT2D eigenvalue weighted by Crippen LogP contribution is -2.38. The summed E-state index contributed by atoms with van der Waals surface area (Å²) in [5.41, 5.74) is 2.04. The number of carbonyl (C=O) groups is 2. The van der Waals surface area contributed by atoms with Gasteiger partial charge in [-0.3, -0.25) is 9.59 Å². The molecule has 1 fully saturated rings. The number of likely N-dealkylation sites (tertiary alicyclic amines) is 1. The molecular weight excluding hydrogens is 440 g/mol. The molecule has 1 N–H and O–H groups in total. The third kappa shape index (κ3) is 5.07. The number of Topliss-reactive ketones (excluding diaryl/α,β-unsaturated/α-hetero) is 1. The predicted molar refractivity (Wildman–Crippen MR) is 131 cm³/mol. The summed E-state index contributed by atoms with van der Waals surface area (Å²) in [4.78, 5) is 30.1. The van der Waals surface area contributed by atoms with Crippen molar-refractivity contribution in [1.29, 1.82) is 0 Å². The van der Waals surface area contributed by atoms with Crippen LogP contribution in [-0.4, -0.2) is 59.4 Å². The molecular formula is C26H31ClN2O4. The summed E-state index contributed by atoms with van der Waals surface area (Å²) in [6.07, 6.45) is 0. The molecule has 0 spiro atoms. The fraction of sp³-hybridized carbons (Fsp3) is 0.385. The molecule has 6 nitrogen and oxygen atoms in total. The molecule has 0 saturated carbocycles. The first kappa shape index (κ1) is 24.8. The number of amides is 1. The van der Waals surface area contributed by atoms with E-state index in [9.17, 15) is 14.7 Å². The van der Waals surface area contributed by atoms with Crippen LogP contribution in [0, 0.1) is 6.92 Å². The second-order valence-corrected chi connectivity index (χ2v) is 8.36. The molecule has 7 heteroatoms. The molecule has 1 atom stereocenters. The van der Waals surface area contributed by atoms with Crippen LogP contribution in [0.5, 0.6) is 5.75 Å². The third-order valence-corrected chi connectivity index (χ3v) is 6.41. The van der Waals surface area contributed by atoms with E-state index in [1.165, 1.54) is 0 Å². The van der Waals surface area contributed by atoms with E-state index in [0.29, 0.717) is 25.4 Å². The molecule has 176 valence electrons. The summed E-state index contributed by atoms with van der Waals surface area (Å²) in [5.74, 6) is -1.10. The maximum atomic E-state index is 13.2. The van der Waals surface area contributed by atoms with E-state index in [-0.39, 0.29) is 21.9 Å². The Balaban J connectivity index is 2.16. The number of rotatable bonds is 9. The van der Waals surface area contributed by atoms with Gasteiger partial charge in [0, 0.05) is 18.7 Å². The van der Waals surface area contributed by atoms with Crippen molar-refractivity contribution in [3.8, 4) is 5.75 Å². The van der Waals surface area contributed by atoms with Crippen LogP contribution in [0.1, 0.15) is 43.5 Å². The Hall–Kier alpha value is -2.83. The van der Waals surface area contributed by atoms with Crippen LogP contribution in [0.4, 0.5) is 0 Å². The Kier molecular flexibility index (Phi) is 8.16. The minimum Gasteiger partial charge on any atom is -0.507 e. The Bertz CT molecular complexity index is 1060. The zero-order chi connectivity index (χ0) is 24.1. The third-order valence-electron chi connectivity index (χ3n) is 6.08. The van der Waals surface area contributed by atoms with Crippen LogP contribution in [0.3, 0.4) is 0 Å². The molecule has 1 aliphatic heterocycles. The van der Waals surface area contributed by atoms with Crippen molar-refractivity contribution in [2.45, 2.75) is 33.7 Å². The molecule has 2 aromatic rings. The normalized spacial score (nSPS) is 17.8. The van der Waals surface area contributed by atoms with Gasteiger partial charge in [0.1, 0.15) is 11.5 Å². The Morgan fingerprint density at radius 3 is 2.45 bits per heavy atom. The maximum absolute atomic E-state index is 13.2. The number of halogens is 1. The second-order valence-electron chi connectivity index (χ2n) is 7.95. The molecule has 1 unspecified atom stereocenters. The molecule has 1 saturated heterocycles. The number of aliphatic hydroxyl groups is 1. The number of benzene rings is 2. The van der Waals surface area contributed by atoms with Gasteiger partial charge < -0.3 is 19.6 Å². The highest BCUT2D eigenvalue weighted by atomic mass is 35.5. The van der Waals surface area contributed by atoms with Crippen LogP contribution < -0.4 is 4.74 Å². The van der Waals surface area contributed by atoms with E-state index in [0.717, 1.165) is 24.2 Å². The van der Waals surface area contributed by atoms with Gasteiger partial charge in [0.25, 0.3) is 11.7 Å². The molecule has 33 heavy (non-hydrogen) atoms. The van der Waals surface area contributed by atoms with Gasteiger partial charge in [-0.1, -0.05) is 49.7 Å². The van der Waals surface area contributed by atoms with Crippen molar-refractivity contribution in [3.05, 3.63) is 69.8 Å². The molecule has 1 heterocycles. The Morgan fingerprint density at radius 2 is 1.82 bits per heavy atom. The van der Waals surface area contributed by atoms with Crippen molar-refractivity contribution in [3.63, 3.8) is 0 Å². The average Bonchev–Trinajstić information content (AvgIpc) is 3.06. The molecule has 3 rings (SSSR count). The van der Waals surface area contributed by atoms with Gasteiger partial charge in [0.15, 0.2) is 0 Å². The van der Waals surface area contributed by atoms with E-state index in [1.54, 1.807) is 23.1 Å². The van der Waals surface area contributed by atoms with E-state index in [1.807, 2.05) is 38.1 Å². The smallest absolute Gasteiger partial charge is 0.295 e. The van der Waals surface area contributed by atoms with E-state index in [2.05, 4.69) is 18.7 Å². The predicted octanol–water partition coefficient (Wildman–Crippen LogP) is 4.81. The Morgan fingerprint density at radius 1 is 1.12 bits per heavy atom. The van der Waals surface area contributed by atoms with Gasteiger partial charge in [-0.15, -0.1) is 0 Å².